The summed E-state index contributed by atoms with van der Waals surface area (Å²) < 4.78 is 5.19. The van der Waals surface area contributed by atoms with Gasteiger partial charge >= 0.3 is 0 Å². The number of ether oxygens (including phenoxy) is 1. The summed E-state index contributed by atoms with van der Waals surface area (Å²) in [6, 6.07) is 17.7. The fourth-order valence-electron chi connectivity index (χ4n) is 2.87. The summed E-state index contributed by atoms with van der Waals surface area (Å²) in [5.41, 5.74) is 2.27. The van der Waals surface area contributed by atoms with Crippen molar-refractivity contribution in [3.63, 3.8) is 0 Å². The van der Waals surface area contributed by atoms with Gasteiger partial charge in [-0.15, -0.1) is 5.10 Å². The quantitative estimate of drug-likeness (QED) is 0.687. The van der Waals surface area contributed by atoms with E-state index < -0.39 is 0 Å². The lowest BCUT2D eigenvalue weighted by Gasteiger charge is -2.21. The zero-order chi connectivity index (χ0) is 17.9. The van der Waals surface area contributed by atoms with Crippen LogP contribution in [-0.4, -0.2) is 39.0 Å². The number of methoxy groups -OCH3 is 1. The highest BCUT2D eigenvalue weighted by molar-refractivity contribution is 5.92. The Morgan fingerprint density at radius 2 is 1.88 bits per heavy atom. The van der Waals surface area contributed by atoms with Crippen LogP contribution in [0, 0.1) is 0 Å². The molecule has 2 aromatic carbocycles. The van der Waals surface area contributed by atoms with Gasteiger partial charge in [0.25, 0.3) is 5.91 Å². The maximum absolute atomic E-state index is 13.0. The highest BCUT2D eigenvalue weighted by Crippen LogP contribution is 2.30. The van der Waals surface area contributed by atoms with Crippen molar-refractivity contribution in [3.05, 3.63) is 72.1 Å². The predicted octanol–water partition coefficient (Wildman–Crippen LogP) is 3.08. The van der Waals surface area contributed by atoms with Crippen LogP contribution in [-0.2, 0) is 6.54 Å². The van der Waals surface area contributed by atoms with Crippen LogP contribution in [0.25, 0.3) is 5.69 Å². The molecule has 1 fully saturated rings. The van der Waals surface area contributed by atoms with E-state index >= 15 is 0 Å². The normalized spacial score (nSPS) is 13.4. The minimum absolute atomic E-state index is 0.0782. The molecule has 0 aliphatic heterocycles. The molecule has 0 spiro atoms. The molecule has 0 saturated heterocycles. The van der Waals surface area contributed by atoms with Gasteiger partial charge in [-0.2, -0.15) is 9.90 Å². The SMILES string of the molecule is COc1ccc(CN(C(=O)c2cnn(-c3ccccc3)n2)C2CC2)cc1. The standard InChI is InChI=1S/C20H20N4O2/c1-26-18-11-7-15(8-12-18)14-23(16-9-10-16)20(25)19-13-21-24(22-19)17-5-3-2-4-6-17/h2-8,11-13,16H,9-10,14H2,1H3. The maximum Gasteiger partial charge on any atom is 0.276 e. The van der Waals surface area contributed by atoms with Crippen LogP contribution >= 0.6 is 0 Å². The smallest absolute Gasteiger partial charge is 0.276 e. The number of hydrogen-bond acceptors (Lipinski definition) is 4. The van der Waals surface area contributed by atoms with Crippen molar-refractivity contribution in [1.29, 1.82) is 0 Å². The average Bonchev–Trinajstić information content (AvgIpc) is 3.42. The van der Waals surface area contributed by atoms with Crippen molar-refractivity contribution in [2.45, 2.75) is 25.4 Å². The molecular formula is C20H20N4O2. The lowest BCUT2D eigenvalue weighted by molar-refractivity contribution is 0.0723. The van der Waals surface area contributed by atoms with Crippen LogP contribution in [0.2, 0.25) is 0 Å². The van der Waals surface area contributed by atoms with E-state index in [9.17, 15) is 4.79 Å². The average molecular weight is 348 g/mol. The third-order valence-corrected chi connectivity index (χ3v) is 4.46. The molecule has 0 N–H and O–H groups in total. The molecule has 4 rings (SSSR count). The van der Waals surface area contributed by atoms with Crippen LogP contribution in [0.15, 0.2) is 60.8 Å². The third-order valence-electron chi connectivity index (χ3n) is 4.46. The fraction of sp³-hybridized carbons (Fsp3) is 0.250. The first kappa shape index (κ1) is 16.3. The van der Waals surface area contributed by atoms with Crippen molar-refractivity contribution >= 4 is 5.91 Å². The van der Waals surface area contributed by atoms with Gasteiger partial charge in [0.15, 0.2) is 5.69 Å². The van der Waals surface area contributed by atoms with Gasteiger partial charge in [0.2, 0.25) is 0 Å². The fourth-order valence-corrected chi connectivity index (χ4v) is 2.87. The molecule has 132 valence electrons. The van der Waals surface area contributed by atoms with Gasteiger partial charge in [0, 0.05) is 12.6 Å². The second-order valence-corrected chi connectivity index (χ2v) is 6.37. The number of benzene rings is 2. The minimum atomic E-state index is -0.0782. The van der Waals surface area contributed by atoms with Crippen LogP contribution in [0.4, 0.5) is 0 Å². The van der Waals surface area contributed by atoms with E-state index in [4.69, 9.17) is 4.74 Å². The Balaban J connectivity index is 1.53. The summed E-state index contributed by atoms with van der Waals surface area (Å²) in [4.78, 5) is 16.4. The molecule has 26 heavy (non-hydrogen) atoms. The zero-order valence-corrected chi connectivity index (χ0v) is 14.6. The number of nitrogens with zero attached hydrogens (tertiary/aromatic N) is 4. The molecule has 1 aliphatic carbocycles. The molecule has 6 nitrogen and oxygen atoms in total. The molecule has 1 amide bonds. The minimum Gasteiger partial charge on any atom is -0.497 e. The Labute approximate surface area is 152 Å². The van der Waals surface area contributed by atoms with Gasteiger partial charge in [-0.1, -0.05) is 30.3 Å². The van der Waals surface area contributed by atoms with Crippen LogP contribution < -0.4 is 4.74 Å². The van der Waals surface area contributed by atoms with E-state index in [2.05, 4.69) is 10.2 Å². The van der Waals surface area contributed by atoms with E-state index in [-0.39, 0.29) is 11.9 Å². The summed E-state index contributed by atoms with van der Waals surface area (Å²) in [5, 5.41) is 8.62. The highest BCUT2D eigenvalue weighted by Gasteiger charge is 2.34. The van der Waals surface area contributed by atoms with E-state index in [1.165, 1.54) is 4.80 Å². The van der Waals surface area contributed by atoms with Crippen molar-refractivity contribution in [2.75, 3.05) is 7.11 Å². The first-order chi connectivity index (χ1) is 12.7. The summed E-state index contributed by atoms with van der Waals surface area (Å²) in [6.45, 7) is 0.561. The molecule has 0 atom stereocenters. The van der Waals surface area contributed by atoms with Gasteiger partial charge in [-0.3, -0.25) is 4.79 Å². The largest absolute Gasteiger partial charge is 0.497 e. The molecular weight excluding hydrogens is 328 g/mol. The second-order valence-electron chi connectivity index (χ2n) is 6.37. The maximum atomic E-state index is 13.0. The Kier molecular flexibility index (Phi) is 4.39. The Bertz CT molecular complexity index is 886. The number of carbonyl (C=O) groups is 1. The number of aromatic nitrogens is 3. The summed E-state index contributed by atoms with van der Waals surface area (Å²) in [7, 11) is 1.64. The van der Waals surface area contributed by atoms with Crippen molar-refractivity contribution in [3.8, 4) is 11.4 Å². The van der Waals surface area contributed by atoms with E-state index in [0.29, 0.717) is 12.2 Å². The molecule has 0 bridgehead atoms. The van der Waals surface area contributed by atoms with E-state index in [1.54, 1.807) is 13.3 Å². The van der Waals surface area contributed by atoms with Gasteiger partial charge in [-0.25, -0.2) is 0 Å². The molecule has 0 unspecified atom stereocenters. The lowest BCUT2D eigenvalue weighted by atomic mass is 10.2. The first-order valence-electron chi connectivity index (χ1n) is 8.66. The Hall–Kier alpha value is -3.15. The summed E-state index contributed by atoms with van der Waals surface area (Å²) >= 11 is 0. The topological polar surface area (TPSA) is 60.2 Å². The number of carbonyl (C=O) groups excluding carboxylic acids is 1. The van der Waals surface area contributed by atoms with E-state index in [1.807, 2.05) is 59.5 Å². The summed E-state index contributed by atoms with van der Waals surface area (Å²) in [6.07, 6.45) is 3.61. The van der Waals surface area contributed by atoms with Crippen LogP contribution in [0.1, 0.15) is 28.9 Å². The van der Waals surface area contributed by atoms with E-state index in [0.717, 1.165) is 29.8 Å². The molecule has 6 heteroatoms. The van der Waals surface area contributed by atoms with Crippen LogP contribution in [0.3, 0.4) is 0 Å². The van der Waals surface area contributed by atoms with Gasteiger partial charge in [-0.05, 0) is 42.7 Å². The first-order valence-corrected chi connectivity index (χ1v) is 8.66. The van der Waals surface area contributed by atoms with Crippen molar-refractivity contribution in [1.82, 2.24) is 19.9 Å². The monoisotopic (exact) mass is 348 g/mol. The zero-order valence-electron chi connectivity index (χ0n) is 14.6. The Morgan fingerprint density at radius 3 is 2.54 bits per heavy atom. The number of hydrogen-bond donors (Lipinski definition) is 0. The molecule has 1 aromatic heterocycles. The van der Waals surface area contributed by atoms with Gasteiger partial charge in [0.05, 0.1) is 19.0 Å². The number of amides is 1. The molecule has 1 aliphatic rings. The highest BCUT2D eigenvalue weighted by atomic mass is 16.5. The lowest BCUT2D eigenvalue weighted by Crippen LogP contribution is -2.33. The van der Waals surface area contributed by atoms with Crippen LogP contribution in [0.5, 0.6) is 5.75 Å². The summed E-state index contributed by atoms with van der Waals surface area (Å²) in [5.74, 6) is 0.731. The second kappa shape index (κ2) is 7.00. The van der Waals surface area contributed by atoms with Gasteiger partial charge < -0.3 is 9.64 Å². The number of para-hydroxylation sites is 1. The predicted molar refractivity (Wildman–Crippen MR) is 97.2 cm³/mol. The Morgan fingerprint density at radius 1 is 1.15 bits per heavy atom. The third kappa shape index (κ3) is 3.44. The molecule has 0 radical (unpaired) electrons. The molecule has 1 heterocycles. The van der Waals surface area contributed by atoms with Crippen molar-refractivity contribution < 1.29 is 9.53 Å². The number of rotatable bonds is 6. The van der Waals surface area contributed by atoms with Gasteiger partial charge in [0.1, 0.15) is 5.75 Å². The van der Waals surface area contributed by atoms with Crippen molar-refractivity contribution in [2.24, 2.45) is 0 Å². The molecule has 3 aromatic rings. The molecule has 1 saturated carbocycles.